The van der Waals surface area contributed by atoms with Crippen molar-refractivity contribution in [3.63, 3.8) is 0 Å². The van der Waals surface area contributed by atoms with Crippen molar-refractivity contribution in [1.82, 2.24) is 16.0 Å². The highest BCUT2D eigenvalue weighted by atomic mass is 16.6. The third-order valence-electron chi connectivity index (χ3n) is 7.25. The summed E-state index contributed by atoms with van der Waals surface area (Å²) < 4.78 is 17.1. The summed E-state index contributed by atoms with van der Waals surface area (Å²) in [5.74, 6) is -6.16. The molecule has 1 heterocycles. The maximum atomic E-state index is 13.5. The van der Waals surface area contributed by atoms with Gasteiger partial charge in [-0.1, -0.05) is 83.1 Å². The van der Waals surface area contributed by atoms with E-state index in [4.69, 9.17) is 14.2 Å². The van der Waals surface area contributed by atoms with Gasteiger partial charge in [0.25, 0.3) is 17.7 Å². The average Bonchev–Trinajstić information content (AvgIpc) is 2.89. The quantitative estimate of drug-likeness (QED) is 0.253. The third kappa shape index (κ3) is 13.0. The Hall–Kier alpha value is -3.18. The maximum Gasteiger partial charge on any atom is 0.329 e. The smallest absolute Gasteiger partial charge is 0.329 e. The van der Waals surface area contributed by atoms with Gasteiger partial charge in [0, 0.05) is 0 Å². The van der Waals surface area contributed by atoms with Crippen LogP contribution < -0.4 is 16.0 Å². The summed E-state index contributed by atoms with van der Waals surface area (Å²) in [6.45, 7) is 21.3. The van der Waals surface area contributed by atoms with Crippen molar-refractivity contribution < 1.29 is 43.0 Å². The molecule has 45 heavy (non-hydrogen) atoms. The summed E-state index contributed by atoms with van der Waals surface area (Å²) >= 11 is 0. The van der Waals surface area contributed by atoms with Crippen molar-refractivity contribution >= 4 is 35.6 Å². The fraction of sp³-hybridized carbons (Fsp3) is 0.818. The molecule has 0 aromatic rings. The number of carbonyl (C=O) groups is 6. The maximum absolute atomic E-state index is 13.5. The summed E-state index contributed by atoms with van der Waals surface area (Å²) in [7, 11) is 0. The van der Waals surface area contributed by atoms with E-state index < -0.39 is 89.8 Å². The molecule has 1 aliphatic heterocycles. The molecule has 258 valence electrons. The van der Waals surface area contributed by atoms with Crippen LogP contribution in [-0.4, -0.2) is 72.1 Å². The van der Waals surface area contributed by atoms with Gasteiger partial charge in [0.05, 0.1) is 0 Å². The fourth-order valence-corrected chi connectivity index (χ4v) is 4.92. The number of nitrogens with one attached hydrogen (secondary N) is 3. The number of amides is 3. The molecule has 0 radical (unpaired) electrons. The lowest BCUT2D eigenvalue weighted by Crippen LogP contribution is -2.55. The average molecular weight is 640 g/mol. The zero-order valence-electron chi connectivity index (χ0n) is 29.2. The zero-order valence-corrected chi connectivity index (χ0v) is 29.2. The molecule has 3 N–H and O–H groups in total. The standard InChI is InChI=1S/C33H57N3O9/c1-16(2)13-22-31(40)43-26(20(9)10)29(38)35-24(15-18(5)6)33(42)45-27(21(11)12)30(39)36-23(14-17(3)4)32(41)44-25(19(7)8)28(37)34-22/h16-27H,13-15H2,1-12H3,(H,34,37)(H,35,38)(H,36,39). The largest absolute Gasteiger partial charge is 0.450 e. The molecule has 3 amide bonds. The van der Waals surface area contributed by atoms with E-state index in [2.05, 4.69) is 16.0 Å². The third-order valence-corrected chi connectivity index (χ3v) is 7.25. The first-order valence-electron chi connectivity index (χ1n) is 16.3. The number of carbonyl (C=O) groups excluding carboxylic acids is 6. The number of hydrogen-bond acceptors (Lipinski definition) is 9. The lowest BCUT2D eigenvalue weighted by Gasteiger charge is -2.31. The second kappa shape index (κ2) is 18.1. The van der Waals surface area contributed by atoms with E-state index in [0.29, 0.717) is 0 Å². The van der Waals surface area contributed by atoms with Crippen molar-refractivity contribution in [1.29, 1.82) is 0 Å². The van der Waals surface area contributed by atoms with Crippen LogP contribution in [0.1, 0.15) is 102 Å². The molecule has 1 fully saturated rings. The second-order valence-electron chi connectivity index (χ2n) is 14.4. The molecule has 0 saturated carbocycles. The monoisotopic (exact) mass is 639 g/mol. The van der Waals surface area contributed by atoms with Crippen LogP contribution in [0.3, 0.4) is 0 Å². The Morgan fingerprint density at radius 2 is 0.622 bits per heavy atom. The first-order valence-corrected chi connectivity index (χ1v) is 16.3. The van der Waals surface area contributed by atoms with Gasteiger partial charge in [0.1, 0.15) is 18.1 Å². The van der Waals surface area contributed by atoms with Gasteiger partial charge in [-0.2, -0.15) is 0 Å². The summed E-state index contributed by atoms with van der Waals surface area (Å²) in [5, 5.41) is 8.02. The van der Waals surface area contributed by atoms with Gasteiger partial charge in [0.2, 0.25) is 0 Å². The Morgan fingerprint density at radius 3 is 0.778 bits per heavy atom. The second-order valence-corrected chi connectivity index (χ2v) is 14.4. The number of rotatable bonds is 9. The molecule has 0 spiro atoms. The van der Waals surface area contributed by atoms with E-state index in [1.54, 1.807) is 41.5 Å². The minimum absolute atomic E-state index is 0.0446. The predicted molar refractivity (Wildman–Crippen MR) is 168 cm³/mol. The van der Waals surface area contributed by atoms with Gasteiger partial charge in [-0.15, -0.1) is 0 Å². The Kier molecular flexibility index (Phi) is 16.0. The van der Waals surface area contributed by atoms with Crippen LogP contribution in [0.5, 0.6) is 0 Å². The summed E-state index contributed by atoms with van der Waals surface area (Å²) in [6, 6.07) is -3.42. The number of hydrogen-bond donors (Lipinski definition) is 3. The lowest BCUT2D eigenvalue weighted by molar-refractivity contribution is -0.168. The van der Waals surface area contributed by atoms with Crippen LogP contribution >= 0.6 is 0 Å². The molecule has 12 heteroatoms. The lowest BCUT2D eigenvalue weighted by atomic mass is 9.99. The minimum atomic E-state index is -1.29. The number of cyclic esters (lactones) is 3. The Morgan fingerprint density at radius 1 is 0.422 bits per heavy atom. The predicted octanol–water partition coefficient (Wildman–Crippen LogP) is 3.30. The highest BCUT2D eigenvalue weighted by molar-refractivity contribution is 5.94. The first-order chi connectivity index (χ1) is 20.7. The normalized spacial score (nSPS) is 26.8. The van der Waals surface area contributed by atoms with Crippen LogP contribution in [0.25, 0.3) is 0 Å². The minimum Gasteiger partial charge on any atom is -0.450 e. The van der Waals surface area contributed by atoms with Gasteiger partial charge in [-0.3, -0.25) is 14.4 Å². The van der Waals surface area contributed by atoms with Crippen molar-refractivity contribution in [3.05, 3.63) is 0 Å². The molecule has 6 atom stereocenters. The van der Waals surface area contributed by atoms with E-state index in [9.17, 15) is 28.8 Å². The Labute approximate surface area is 268 Å². The van der Waals surface area contributed by atoms with Crippen molar-refractivity contribution in [2.45, 2.75) is 139 Å². The molecule has 1 aliphatic rings. The molecular weight excluding hydrogens is 582 g/mol. The van der Waals surface area contributed by atoms with Crippen molar-refractivity contribution in [3.8, 4) is 0 Å². The van der Waals surface area contributed by atoms with Crippen LogP contribution in [0.2, 0.25) is 0 Å². The molecule has 0 bridgehead atoms. The molecule has 0 aromatic carbocycles. The Bertz CT molecular complexity index is 910. The van der Waals surface area contributed by atoms with Gasteiger partial charge in [-0.25, -0.2) is 14.4 Å². The summed E-state index contributed by atoms with van der Waals surface area (Å²) in [4.78, 5) is 81.0. The van der Waals surface area contributed by atoms with Crippen molar-refractivity contribution in [2.24, 2.45) is 35.5 Å². The first kappa shape index (κ1) is 39.8. The number of esters is 3. The molecular formula is C33H57N3O9. The van der Waals surface area contributed by atoms with Gasteiger partial charge in [0.15, 0.2) is 18.3 Å². The zero-order chi connectivity index (χ0) is 34.8. The van der Waals surface area contributed by atoms with Crippen molar-refractivity contribution in [2.75, 3.05) is 0 Å². The van der Waals surface area contributed by atoms with E-state index in [-0.39, 0.29) is 37.0 Å². The van der Waals surface area contributed by atoms with Gasteiger partial charge >= 0.3 is 17.9 Å². The van der Waals surface area contributed by atoms with Crippen LogP contribution in [0.4, 0.5) is 0 Å². The highest BCUT2D eigenvalue weighted by Gasteiger charge is 2.39. The van der Waals surface area contributed by atoms with Crippen LogP contribution in [0, 0.1) is 35.5 Å². The van der Waals surface area contributed by atoms with Crippen LogP contribution in [-0.2, 0) is 43.0 Å². The molecule has 0 aromatic heterocycles. The molecule has 0 aliphatic carbocycles. The summed E-state index contributed by atoms with van der Waals surface area (Å²) in [6.07, 6.45) is -3.28. The molecule has 1 saturated heterocycles. The van der Waals surface area contributed by atoms with Crippen LogP contribution in [0.15, 0.2) is 0 Å². The summed E-state index contributed by atoms with van der Waals surface area (Å²) in [5.41, 5.74) is 0. The Balaban J connectivity index is 3.72. The molecule has 12 nitrogen and oxygen atoms in total. The van der Waals surface area contributed by atoms with Gasteiger partial charge in [-0.05, 0) is 54.8 Å². The topological polar surface area (TPSA) is 166 Å². The van der Waals surface area contributed by atoms with E-state index >= 15 is 0 Å². The van der Waals surface area contributed by atoms with E-state index in [1.807, 2.05) is 41.5 Å². The SMILES string of the molecule is CC(C)CC1NC(=O)C(C(C)C)OC(=O)C(CC(C)C)NC(=O)C(C(C)C)OC(=O)C(CC(C)C)NC(=O)C(C(C)C)OC1=O. The highest BCUT2D eigenvalue weighted by Crippen LogP contribution is 2.19. The molecule has 6 unspecified atom stereocenters. The molecule has 1 rings (SSSR count). The number of ether oxygens (including phenoxy) is 3. The van der Waals surface area contributed by atoms with Gasteiger partial charge < -0.3 is 30.2 Å². The van der Waals surface area contributed by atoms with E-state index in [0.717, 1.165) is 0 Å². The van der Waals surface area contributed by atoms with E-state index in [1.165, 1.54) is 0 Å². The fourth-order valence-electron chi connectivity index (χ4n) is 4.92.